The highest BCUT2D eigenvalue weighted by Gasteiger charge is 2.06. The summed E-state index contributed by atoms with van der Waals surface area (Å²) in [5.41, 5.74) is 3.36. The molecule has 116 valence electrons. The van der Waals surface area contributed by atoms with Crippen molar-refractivity contribution in [2.24, 2.45) is 0 Å². The molecule has 0 saturated heterocycles. The Balaban J connectivity index is 2.63. The number of benzene rings is 1. The summed E-state index contributed by atoms with van der Waals surface area (Å²) in [4.78, 5) is 11.2. The van der Waals surface area contributed by atoms with Gasteiger partial charge < -0.3 is 4.74 Å². The van der Waals surface area contributed by atoms with Crippen LogP contribution < -0.4 is 5.48 Å². The van der Waals surface area contributed by atoms with E-state index in [-0.39, 0.29) is 12.5 Å². The number of hydrogen-bond acceptors (Lipinski definition) is 5. The molecule has 0 spiro atoms. The molecule has 1 amide bonds. The maximum Gasteiger partial charge on any atom is 0.274 e. The first-order chi connectivity index (χ1) is 10.6. The van der Waals surface area contributed by atoms with Crippen LogP contribution in [0.15, 0.2) is 60.7 Å². The van der Waals surface area contributed by atoms with Crippen molar-refractivity contribution in [2.75, 3.05) is 5.75 Å². The lowest BCUT2D eigenvalue weighted by atomic mass is 10.1. The number of hydroxylamine groups is 1. The predicted molar refractivity (Wildman–Crippen MR) is 89.5 cm³/mol. The van der Waals surface area contributed by atoms with Crippen LogP contribution in [0.5, 0.6) is 0 Å². The second-order valence-electron chi connectivity index (χ2n) is 4.23. The fourth-order valence-electron chi connectivity index (χ4n) is 1.52. The molecule has 0 saturated carbocycles. The number of carbonyl (C=O) groups is 1. The molecule has 0 radical (unpaired) electrons. The zero-order chi connectivity index (χ0) is 16.4. The third-order valence-corrected chi connectivity index (χ3v) is 3.05. The standard InChI is InChI=1S/C16H18N2O3S/c1-2-3-4-5-14(11-22)15(17)21-10-12-6-8-13(9-7-12)16(19)18-20/h2-9,17,20,22H,1,10-11H2,(H,18,19)/b4-3-,14-5+,17-15?. The molecule has 3 N–H and O–H groups in total. The molecular formula is C16H18N2O3S. The van der Waals surface area contributed by atoms with E-state index in [1.54, 1.807) is 54.0 Å². The van der Waals surface area contributed by atoms with Gasteiger partial charge in [-0.15, -0.1) is 0 Å². The number of ether oxygens (including phenoxy) is 1. The van der Waals surface area contributed by atoms with Crippen LogP contribution in [0.2, 0.25) is 0 Å². The van der Waals surface area contributed by atoms with E-state index in [2.05, 4.69) is 19.2 Å². The van der Waals surface area contributed by atoms with Crippen LogP contribution in [0.4, 0.5) is 0 Å². The topological polar surface area (TPSA) is 82.4 Å². The molecule has 22 heavy (non-hydrogen) atoms. The smallest absolute Gasteiger partial charge is 0.274 e. The summed E-state index contributed by atoms with van der Waals surface area (Å²) in [5, 5.41) is 16.4. The Bertz CT molecular complexity index is 592. The van der Waals surface area contributed by atoms with Gasteiger partial charge in [0, 0.05) is 16.9 Å². The van der Waals surface area contributed by atoms with Crippen molar-refractivity contribution < 1.29 is 14.7 Å². The molecule has 0 aromatic heterocycles. The van der Waals surface area contributed by atoms with E-state index in [0.717, 1.165) is 5.56 Å². The molecule has 0 fully saturated rings. The number of rotatable bonds is 7. The molecule has 0 unspecified atom stereocenters. The van der Waals surface area contributed by atoms with Gasteiger partial charge in [-0.25, -0.2) is 5.48 Å². The highest BCUT2D eigenvalue weighted by Crippen LogP contribution is 2.09. The Kier molecular flexibility index (Phi) is 7.74. The molecule has 0 bridgehead atoms. The third-order valence-electron chi connectivity index (χ3n) is 2.71. The van der Waals surface area contributed by atoms with Gasteiger partial charge >= 0.3 is 0 Å². The maximum atomic E-state index is 11.2. The lowest BCUT2D eigenvalue weighted by Gasteiger charge is -2.09. The molecule has 1 aromatic rings. The maximum absolute atomic E-state index is 11.2. The van der Waals surface area contributed by atoms with E-state index in [9.17, 15) is 4.79 Å². The van der Waals surface area contributed by atoms with E-state index >= 15 is 0 Å². The number of hydrogen-bond donors (Lipinski definition) is 4. The molecule has 0 aliphatic carbocycles. The van der Waals surface area contributed by atoms with Crippen molar-refractivity contribution in [3.63, 3.8) is 0 Å². The third kappa shape index (κ3) is 5.59. The molecule has 0 atom stereocenters. The van der Waals surface area contributed by atoms with Crippen molar-refractivity contribution in [1.82, 2.24) is 5.48 Å². The summed E-state index contributed by atoms with van der Waals surface area (Å²) in [5.74, 6) is -0.147. The van der Waals surface area contributed by atoms with Gasteiger partial charge in [-0.05, 0) is 17.7 Å². The van der Waals surface area contributed by atoms with E-state index in [1.165, 1.54) is 0 Å². The highest BCUT2D eigenvalue weighted by atomic mass is 32.1. The molecule has 0 aliphatic heterocycles. The number of allylic oxidation sites excluding steroid dienone is 4. The first kappa shape index (κ1) is 17.7. The Morgan fingerprint density at radius 2 is 2.05 bits per heavy atom. The van der Waals surface area contributed by atoms with Crippen LogP contribution in [0.1, 0.15) is 15.9 Å². The number of carbonyl (C=O) groups excluding carboxylic acids is 1. The molecule has 1 aromatic carbocycles. The quantitative estimate of drug-likeness (QED) is 0.156. The largest absolute Gasteiger partial charge is 0.473 e. The molecule has 0 aliphatic rings. The molecule has 0 heterocycles. The Morgan fingerprint density at radius 3 is 2.59 bits per heavy atom. The molecular weight excluding hydrogens is 300 g/mol. The van der Waals surface area contributed by atoms with E-state index in [0.29, 0.717) is 16.9 Å². The second-order valence-corrected chi connectivity index (χ2v) is 4.54. The average Bonchev–Trinajstić information content (AvgIpc) is 2.56. The minimum absolute atomic E-state index is 0.0425. The van der Waals surface area contributed by atoms with E-state index < -0.39 is 5.91 Å². The predicted octanol–water partition coefficient (Wildman–Crippen LogP) is 2.90. The van der Waals surface area contributed by atoms with Crippen LogP contribution in [-0.4, -0.2) is 22.8 Å². The van der Waals surface area contributed by atoms with Gasteiger partial charge in [0.05, 0.1) is 0 Å². The van der Waals surface area contributed by atoms with E-state index in [1.807, 2.05) is 0 Å². The van der Waals surface area contributed by atoms with Crippen molar-refractivity contribution in [3.8, 4) is 0 Å². The summed E-state index contributed by atoms with van der Waals surface area (Å²) in [7, 11) is 0. The SMILES string of the molecule is C=C/C=C\C=C(/CS)C(=N)OCc1ccc(C(=O)NO)cc1. The van der Waals surface area contributed by atoms with Crippen molar-refractivity contribution in [3.05, 3.63) is 71.8 Å². The van der Waals surface area contributed by atoms with Crippen molar-refractivity contribution in [2.45, 2.75) is 6.61 Å². The first-order valence-corrected chi connectivity index (χ1v) is 7.09. The lowest BCUT2D eigenvalue weighted by Crippen LogP contribution is -2.18. The van der Waals surface area contributed by atoms with Gasteiger partial charge in [0.1, 0.15) is 6.61 Å². The van der Waals surface area contributed by atoms with Crippen LogP contribution in [0, 0.1) is 5.41 Å². The van der Waals surface area contributed by atoms with Crippen LogP contribution in [0.3, 0.4) is 0 Å². The number of thiol groups is 1. The fraction of sp³-hybridized carbons (Fsp3) is 0.125. The van der Waals surface area contributed by atoms with Gasteiger partial charge in [-0.2, -0.15) is 12.6 Å². The van der Waals surface area contributed by atoms with Gasteiger partial charge in [0.25, 0.3) is 5.91 Å². The Hall–Kier alpha value is -2.31. The van der Waals surface area contributed by atoms with Gasteiger partial charge in [0.2, 0.25) is 5.90 Å². The average molecular weight is 318 g/mol. The fourth-order valence-corrected chi connectivity index (χ4v) is 1.76. The Labute approximate surface area is 134 Å². The summed E-state index contributed by atoms with van der Waals surface area (Å²) < 4.78 is 5.39. The first-order valence-electron chi connectivity index (χ1n) is 6.46. The summed E-state index contributed by atoms with van der Waals surface area (Å²) >= 11 is 4.17. The van der Waals surface area contributed by atoms with Gasteiger partial charge in [-0.1, -0.05) is 43.0 Å². The minimum atomic E-state index is -0.575. The van der Waals surface area contributed by atoms with Gasteiger partial charge in [0.15, 0.2) is 0 Å². The number of amides is 1. The normalized spacial score (nSPS) is 11.3. The zero-order valence-corrected chi connectivity index (χ0v) is 12.8. The highest BCUT2D eigenvalue weighted by molar-refractivity contribution is 7.80. The summed E-state index contributed by atoms with van der Waals surface area (Å²) in [6.45, 7) is 3.77. The minimum Gasteiger partial charge on any atom is -0.473 e. The van der Waals surface area contributed by atoms with E-state index in [4.69, 9.17) is 15.4 Å². The molecule has 6 heteroatoms. The Morgan fingerprint density at radius 1 is 1.36 bits per heavy atom. The molecule has 1 rings (SSSR count). The van der Waals surface area contributed by atoms with Crippen molar-refractivity contribution >= 4 is 24.4 Å². The summed E-state index contributed by atoms with van der Waals surface area (Å²) in [6, 6.07) is 6.52. The van der Waals surface area contributed by atoms with Crippen LogP contribution in [0.25, 0.3) is 0 Å². The second kappa shape index (κ2) is 9.59. The van der Waals surface area contributed by atoms with Crippen molar-refractivity contribution in [1.29, 1.82) is 5.41 Å². The van der Waals surface area contributed by atoms with Crippen LogP contribution in [-0.2, 0) is 11.3 Å². The number of nitrogens with one attached hydrogen (secondary N) is 2. The van der Waals surface area contributed by atoms with Crippen LogP contribution >= 0.6 is 12.6 Å². The van der Waals surface area contributed by atoms with Gasteiger partial charge in [-0.3, -0.25) is 15.4 Å². The summed E-state index contributed by atoms with van der Waals surface area (Å²) in [6.07, 6.45) is 6.90. The molecule has 5 nitrogen and oxygen atoms in total. The monoisotopic (exact) mass is 318 g/mol. The zero-order valence-electron chi connectivity index (χ0n) is 12.0. The lowest BCUT2D eigenvalue weighted by molar-refractivity contribution is 0.0706.